The quantitative estimate of drug-likeness (QED) is 0.845. The van der Waals surface area contributed by atoms with Crippen LogP contribution in [0.2, 0.25) is 0 Å². The van der Waals surface area contributed by atoms with Crippen molar-refractivity contribution in [2.24, 2.45) is 11.8 Å². The molecule has 1 saturated carbocycles. The average molecular weight is 277 g/mol. The Morgan fingerprint density at radius 3 is 2.85 bits per heavy atom. The van der Waals surface area contributed by atoms with Crippen LogP contribution in [0.4, 0.5) is 5.69 Å². The fourth-order valence-corrected chi connectivity index (χ4v) is 2.07. The van der Waals surface area contributed by atoms with Gasteiger partial charge in [-0.15, -0.1) is 0 Å². The molecule has 0 unspecified atom stereocenters. The Morgan fingerprint density at radius 1 is 1.35 bits per heavy atom. The number of benzene rings is 1. The van der Waals surface area contributed by atoms with Gasteiger partial charge in [0.25, 0.3) is 5.91 Å². The number of carbonyl (C=O) groups is 2. The molecule has 6 nitrogen and oxygen atoms in total. The van der Waals surface area contributed by atoms with Gasteiger partial charge in [-0.05, 0) is 24.5 Å². The molecule has 1 aromatic rings. The van der Waals surface area contributed by atoms with Gasteiger partial charge in [0, 0.05) is 11.8 Å². The summed E-state index contributed by atoms with van der Waals surface area (Å²) in [7, 11) is 0. The predicted octanol–water partition coefficient (Wildman–Crippen LogP) is 1.55. The minimum atomic E-state index is -0.370. The van der Waals surface area contributed by atoms with Crippen LogP contribution in [-0.2, 0) is 14.3 Å². The SMILES string of the molecule is C[C@@H]1C[C@H]1C(=O)OCC(=O)Nc1ccc2c(c1)OCO2. The molecule has 0 saturated heterocycles. The second kappa shape index (κ2) is 5.03. The van der Waals surface area contributed by atoms with Crippen LogP contribution in [0, 0.1) is 11.8 Å². The number of hydrogen-bond acceptors (Lipinski definition) is 5. The predicted molar refractivity (Wildman–Crippen MR) is 69.4 cm³/mol. The summed E-state index contributed by atoms with van der Waals surface area (Å²) in [5.74, 6) is 0.917. The van der Waals surface area contributed by atoms with Crippen LogP contribution >= 0.6 is 0 Å². The maximum absolute atomic E-state index is 11.7. The molecule has 3 rings (SSSR count). The van der Waals surface area contributed by atoms with Gasteiger partial charge in [0.05, 0.1) is 5.92 Å². The number of anilines is 1. The third-order valence-electron chi connectivity index (χ3n) is 3.41. The molecule has 1 aliphatic carbocycles. The Kier molecular flexibility index (Phi) is 3.22. The van der Waals surface area contributed by atoms with Crippen LogP contribution in [0.15, 0.2) is 18.2 Å². The van der Waals surface area contributed by atoms with Crippen LogP contribution in [0.25, 0.3) is 0 Å². The molecule has 1 amide bonds. The number of nitrogens with one attached hydrogen (secondary N) is 1. The van der Waals surface area contributed by atoms with Crippen molar-refractivity contribution in [1.29, 1.82) is 0 Å². The van der Waals surface area contributed by atoms with E-state index in [1.807, 2.05) is 6.92 Å². The zero-order chi connectivity index (χ0) is 14.1. The van der Waals surface area contributed by atoms with E-state index in [2.05, 4.69) is 5.32 Å². The summed E-state index contributed by atoms with van der Waals surface area (Å²) in [6.07, 6.45) is 0.850. The molecule has 2 atom stereocenters. The van der Waals surface area contributed by atoms with Crippen molar-refractivity contribution in [3.05, 3.63) is 18.2 Å². The van der Waals surface area contributed by atoms with Crippen molar-refractivity contribution >= 4 is 17.6 Å². The monoisotopic (exact) mass is 277 g/mol. The van der Waals surface area contributed by atoms with Gasteiger partial charge in [0.15, 0.2) is 18.1 Å². The molecule has 1 aromatic carbocycles. The number of amides is 1. The molecule has 0 bridgehead atoms. The molecule has 0 spiro atoms. The minimum absolute atomic E-state index is 0.0339. The van der Waals surface area contributed by atoms with Gasteiger partial charge in [-0.25, -0.2) is 0 Å². The Labute approximate surface area is 116 Å². The molecule has 106 valence electrons. The zero-order valence-electron chi connectivity index (χ0n) is 11.0. The summed E-state index contributed by atoms with van der Waals surface area (Å²) in [5.41, 5.74) is 0.579. The second-order valence-electron chi connectivity index (χ2n) is 5.04. The molecular formula is C14H15NO5. The third kappa shape index (κ3) is 2.68. The average Bonchev–Trinajstić information content (AvgIpc) is 2.98. The smallest absolute Gasteiger partial charge is 0.309 e. The van der Waals surface area contributed by atoms with Crippen molar-refractivity contribution in [2.75, 3.05) is 18.7 Å². The van der Waals surface area contributed by atoms with Crippen molar-refractivity contribution < 1.29 is 23.8 Å². The summed E-state index contributed by atoms with van der Waals surface area (Å²) < 4.78 is 15.3. The van der Waals surface area contributed by atoms with Crippen LogP contribution in [0.3, 0.4) is 0 Å². The highest BCUT2D eigenvalue weighted by Crippen LogP contribution is 2.38. The molecule has 1 N–H and O–H groups in total. The molecule has 0 radical (unpaired) electrons. The van der Waals surface area contributed by atoms with Gasteiger partial charge in [-0.2, -0.15) is 0 Å². The molecule has 6 heteroatoms. The number of ether oxygens (including phenoxy) is 3. The summed E-state index contributed by atoms with van der Waals surface area (Å²) in [6.45, 7) is 1.90. The van der Waals surface area contributed by atoms with Crippen molar-refractivity contribution in [3.8, 4) is 11.5 Å². The van der Waals surface area contributed by atoms with E-state index in [4.69, 9.17) is 14.2 Å². The van der Waals surface area contributed by atoms with Crippen molar-refractivity contribution in [2.45, 2.75) is 13.3 Å². The molecule has 1 fully saturated rings. The Hall–Kier alpha value is -2.24. The summed E-state index contributed by atoms with van der Waals surface area (Å²) in [5, 5.41) is 2.65. The normalized spacial score (nSPS) is 22.2. The second-order valence-corrected chi connectivity index (χ2v) is 5.04. The Bertz CT molecular complexity index is 556. The number of carbonyl (C=O) groups excluding carboxylic acids is 2. The summed E-state index contributed by atoms with van der Waals surface area (Å²) >= 11 is 0. The van der Waals surface area contributed by atoms with Crippen LogP contribution in [0.5, 0.6) is 11.5 Å². The Morgan fingerprint density at radius 2 is 2.10 bits per heavy atom. The molecule has 0 aromatic heterocycles. The van der Waals surface area contributed by atoms with E-state index >= 15 is 0 Å². The highest BCUT2D eigenvalue weighted by Gasteiger charge is 2.40. The zero-order valence-corrected chi connectivity index (χ0v) is 11.0. The standard InChI is InChI=1S/C14H15NO5/c1-8-4-10(8)14(17)18-6-13(16)15-9-2-3-11-12(5-9)20-7-19-11/h2-3,5,8,10H,4,6-7H2,1H3,(H,15,16)/t8-,10-/m1/s1. The summed E-state index contributed by atoms with van der Waals surface area (Å²) in [6, 6.07) is 5.09. The van der Waals surface area contributed by atoms with E-state index in [-0.39, 0.29) is 31.2 Å². The van der Waals surface area contributed by atoms with Gasteiger partial charge < -0.3 is 19.5 Å². The first-order valence-electron chi connectivity index (χ1n) is 6.49. The molecule has 1 aliphatic heterocycles. The fourth-order valence-electron chi connectivity index (χ4n) is 2.07. The number of fused-ring (bicyclic) bond motifs is 1. The molecule has 20 heavy (non-hydrogen) atoms. The van der Waals surface area contributed by atoms with Crippen molar-refractivity contribution in [3.63, 3.8) is 0 Å². The minimum Gasteiger partial charge on any atom is -0.455 e. The molecule has 2 aliphatic rings. The van der Waals surface area contributed by atoms with Gasteiger partial charge in [0.1, 0.15) is 0 Å². The van der Waals surface area contributed by atoms with E-state index in [0.29, 0.717) is 23.1 Å². The molecule has 1 heterocycles. The largest absolute Gasteiger partial charge is 0.455 e. The highest BCUT2D eigenvalue weighted by atomic mass is 16.7. The van der Waals surface area contributed by atoms with Gasteiger partial charge in [-0.3, -0.25) is 9.59 Å². The fraction of sp³-hybridized carbons (Fsp3) is 0.429. The van der Waals surface area contributed by atoms with E-state index in [1.54, 1.807) is 18.2 Å². The van der Waals surface area contributed by atoms with Gasteiger partial charge in [0.2, 0.25) is 6.79 Å². The lowest BCUT2D eigenvalue weighted by Crippen LogP contribution is -2.21. The van der Waals surface area contributed by atoms with Crippen LogP contribution in [0.1, 0.15) is 13.3 Å². The lowest BCUT2D eigenvalue weighted by atomic mass is 10.3. The van der Waals surface area contributed by atoms with Crippen LogP contribution < -0.4 is 14.8 Å². The third-order valence-corrected chi connectivity index (χ3v) is 3.41. The van der Waals surface area contributed by atoms with Gasteiger partial charge >= 0.3 is 5.97 Å². The maximum Gasteiger partial charge on any atom is 0.309 e. The first-order valence-corrected chi connectivity index (χ1v) is 6.49. The van der Waals surface area contributed by atoms with E-state index in [9.17, 15) is 9.59 Å². The van der Waals surface area contributed by atoms with E-state index in [1.165, 1.54) is 0 Å². The number of hydrogen-bond donors (Lipinski definition) is 1. The first-order chi connectivity index (χ1) is 9.63. The first kappa shape index (κ1) is 12.8. The van der Waals surface area contributed by atoms with Gasteiger partial charge in [-0.1, -0.05) is 6.92 Å². The topological polar surface area (TPSA) is 73.9 Å². The van der Waals surface area contributed by atoms with E-state index in [0.717, 1.165) is 6.42 Å². The summed E-state index contributed by atoms with van der Waals surface area (Å²) in [4.78, 5) is 23.2. The Balaban J connectivity index is 1.50. The van der Waals surface area contributed by atoms with E-state index < -0.39 is 0 Å². The highest BCUT2D eigenvalue weighted by molar-refractivity contribution is 5.93. The maximum atomic E-state index is 11.7. The van der Waals surface area contributed by atoms with Crippen molar-refractivity contribution in [1.82, 2.24) is 0 Å². The lowest BCUT2D eigenvalue weighted by Gasteiger charge is -2.07. The van der Waals surface area contributed by atoms with Crippen LogP contribution in [-0.4, -0.2) is 25.3 Å². The number of esters is 1. The lowest BCUT2D eigenvalue weighted by molar-refractivity contribution is -0.148. The molecular weight excluding hydrogens is 262 g/mol. The number of rotatable bonds is 4.